The third-order valence-electron chi connectivity index (χ3n) is 2.31. The Hall–Kier alpha value is -2.38. The summed E-state index contributed by atoms with van der Waals surface area (Å²) in [5, 5.41) is 0. The number of hydrogen-bond acceptors (Lipinski definition) is 7. The van der Waals surface area contributed by atoms with Crippen LogP contribution in [0.2, 0.25) is 0 Å². The number of rotatable bonds is 1. The zero-order valence-corrected chi connectivity index (χ0v) is 9.35. The Kier molecular flexibility index (Phi) is 2.54. The van der Waals surface area contributed by atoms with Gasteiger partial charge < -0.3 is 15.4 Å². The molecule has 1 aromatic rings. The number of fused-ring (bicyclic) bond motifs is 1. The second-order valence-corrected chi connectivity index (χ2v) is 3.53. The number of nitrogens with zero attached hydrogens (tertiary/aromatic N) is 3. The Morgan fingerprint density at radius 3 is 2.94 bits per heavy atom. The number of H-pyrrole nitrogens is 1. The van der Waals surface area contributed by atoms with Crippen molar-refractivity contribution in [3.63, 3.8) is 0 Å². The van der Waals surface area contributed by atoms with E-state index in [9.17, 15) is 9.59 Å². The van der Waals surface area contributed by atoms with E-state index in [0.29, 0.717) is 5.82 Å². The Morgan fingerprint density at radius 2 is 2.29 bits per heavy atom. The maximum atomic E-state index is 11.6. The zero-order chi connectivity index (χ0) is 12.6. The van der Waals surface area contributed by atoms with Crippen molar-refractivity contribution in [3.05, 3.63) is 10.4 Å². The quantitative estimate of drug-likeness (QED) is 0.608. The van der Waals surface area contributed by atoms with Gasteiger partial charge in [-0.1, -0.05) is 0 Å². The van der Waals surface area contributed by atoms with Gasteiger partial charge in [0.05, 0.1) is 13.7 Å². The predicted molar refractivity (Wildman–Crippen MR) is 61.7 cm³/mol. The van der Waals surface area contributed by atoms with Crippen molar-refractivity contribution >= 4 is 29.1 Å². The minimum Gasteiger partial charge on any atom is -0.464 e. The van der Waals surface area contributed by atoms with Gasteiger partial charge in [-0.15, -0.1) is 0 Å². The van der Waals surface area contributed by atoms with Crippen molar-refractivity contribution in [2.75, 3.05) is 31.3 Å². The molecule has 0 saturated heterocycles. The summed E-state index contributed by atoms with van der Waals surface area (Å²) in [5.74, 6) is -0.213. The highest BCUT2D eigenvalue weighted by Gasteiger charge is 2.25. The number of methoxy groups -OCH3 is 1. The van der Waals surface area contributed by atoms with Crippen LogP contribution in [-0.2, 0) is 9.53 Å². The molecule has 0 unspecified atom stereocenters. The predicted octanol–water partition coefficient (Wildman–Crippen LogP) is -0.953. The van der Waals surface area contributed by atoms with Crippen LogP contribution in [0.1, 0.15) is 0 Å². The van der Waals surface area contributed by atoms with E-state index in [1.54, 1.807) is 11.9 Å². The highest BCUT2D eigenvalue weighted by atomic mass is 16.5. The third-order valence-corrected chi connectivity index (χ3v) is 2.31. The van der Waals surface area contributed by atoms with E-state index in [1.165, 1.54) is 7.11 Å². The van der Waals surface area contributed by atoms with Gasteiger partial charge in [-0.2, -0.15) is 4.98 Å². The van der Waals surface area contributed by atoms with Gasteiger partial charge in [-0.3, -0.25) is 9.78 Å². The van der Waals surface area contributed by atoms with Crippen molar-refractivity contribution in [3.8, 4) is 0 Å². The number of carbonyl (C=O) groups is 1. The van der Waals surface area contributed by atoms with Gasteiger partial charge >= 0.3 is 5.97 Å². The number of aromatic nitrogens is 2. The first kappa shape index (κ1) is 11.1. The lowest BCUT2D eigenvalue weighted by Gasteiger charge is -2.23. The van der Waals surface area contributed by atoms with Gasteiger partial charge in [-0.25, -0.2) is 9.79 Å². The molecule has 1 aliphatic heterocycles. The molecule has 1 aromatic heterocycles. The molecule has 0 spiro atoms. The van der Waals surface area contributed by atoms with Crippen LogP contribution < -0.4 is 16.2 Å². The molecule has 0 aliphatic carbocycles. The van der Waals surface area contributed by atoms with Crippen LogP contribution in [0.25, 0.3) is 0 Å². The standard InChI is InChI=1S/C9H11N5O3/c1-14-3-4(8(16)17-2)11-5-6(14)12-9(10)13-7(5)15/h3H2,1-2H3,(H3,10,12,13,15). The Bertz CT molecular complexity index is 562. The highest BCUT2D eigenvalue weighted by molar-refractivity contribution is 6.39. The van der Waals surface area contributed by atoms with Crippen LogP contribution in [0.5, 0.6) is 0 Å². The fourth-order valence-electron chi connectivity index (χ4n) is 1.54. The minimum absolute atomic E-state index is 0.0114. The lowest BCUT2D eigenvalue weighted by atomic mass is 10.2. The van der Waals surface area contributed by atoms with E-state index < -0.39 is 11.5 Å². The normalized spacial score (nSPS) is 14.0. The summed E-state index contributed by atoms with van der Waals surface area (Å²) in [6.45, 7) is 0.218. The summed E-state index contributed by atoms with van der Waals surface area (Å²) in [5.41, 5.74) is 5.16. The van der Waals surface area contributed by atoms with E-state index in [1.807, 2.05) is 0 Å². The largest absolute Gasteiger partial charge is 0.464 e. The molecule has 2 rings (SSSR count). The average molecular weight is 237 g/mol. The summed E-state index contributed by atoms with van der Waals surface area (Å²) < 4.78 is 4.56. The van der Waals surface area contributed by atoms with Crippen molar-refractivity contribution < 1.29 is 9.53 Å². The first-order valence-electron chi connectivity index (χ1n) is 4.79. The van der Waals surface area contributed by atoms with E-state index in [0.717, 1.165) is 0 Å². The fourth-order valence-corrected chi connectivity index (χ4v) is 1.54. The average Bonchev–Trinajstić information content (AvgIpc) is 2.29. The first-order chi connectivity index (χ1) is 8.02. The van der Waals surface area contributed by atoms with Crippen LogP contribution in [0.3, 0.4) is 0 Å². The lowest BCUT2D eigenvalue weighted by Crippen LogP contribution is -2.36. The molecule has 1 aliphatic rings. The number of hydrogen-bond donors (Lipinski definition) is 2. The molecule has 3 N–H and O–H groups in total. The van der Waals surface area contributed by atoms with Crippen molar-refractivity contribution in [2.45, 2.75) is 0 Å². The molecule has 17 heavy (non-hydrogen) atoms. The van der Waals surface area contributed by atoms with Gasteiger partial charge in [-0.05, 0) is 0 Å². The molecular formula is C9H11N5O3. The van der Waals surface area contributed by atoms with Gasteiger partial charge in [0.15, 0.2) is 11.5 Å². The molecule has 0 fully saturated rings. The van der Waals surface area contributed by atoms with E-state index >= 15 is 0 Å². The first-order valence-corrected chi connectivity index (χ1v) is 4.79. The van der Waals surface area contributed by atoms with E-state index in [2.05, 4.69) is 19.7 Å². The maximum Gasteiger partial charge on any atom is 0.354 e. The molecule has 2 heterocycles. The zero-order valence-electron chi connectivity index (χ0n) is 9.35. The van der Waals surface area contributed by atoms with Gasteiger partial charge in [0.2, 0.25) is 5.95 Å². The number of aliphatic imine (C=N–C) groups is 1. The number of nitrogens with one attached hydrogen (secondary N) is 1. The van der Waals surface area contributed by atoms with Crippen molar-refractivity contribution in [1.82, 2.24) is 9.97 Å². The Labute approximate surface area is 96.1 Å². The Balaban J connectivity index is 2.59. The fraction of sp³-hybridized carbons (Fsp3) is 0.333. The number of nitrogen functional groups attached to an aromatic ring is 1. The summed E-state index contributed by atoms with van der Waals surface area (Å²) in [6, 6.07) is 0. The second-order valence-electron chi connectivity index (χ2n) is 3.53. The monoisotopic (exact) mass is 237 g/mol. The molecule has 0 radical (unpaired) electrons. The topological polar surface area (TPSA) is 114 Å². The molecule has 0 aromatic carbocycles. The lowest BCUT2D eigenvalue weighted by molar-refractivity contribution is -0.132. The molecule has 8 nitrogen and oxygen atoms in total. The molecule has 0 bridgehead atoms. The van der Waals surface area contributed by atoms with Crippen molar-refractivity contribution in [2.24, 2.45) is 4.99 Å². The molecule has 0 saturated carbocycles. The third kappa shape index (κ3) is 1.84. The number of ether oxygens (including phenoxy) is 1. The number of esters is 1. The van der Waals surface area contributed by atoms with E-state index in [4.69, 9.17) is 5.73 Å². The van der Waals surface area contributed by atoms with Crippen LogP contribution in [0.15, 0.2) is 9.79 Å². The molecule has 8 heteroatoms. The summed E-state index contributed by atoms with van der Waals surface area (Å²) >= 11 is 0. The van der Waals surface area contributed by atoms with E-state index in [-0.39, 0.29) is 23.9 Å². The maximum absolute atomic E-state index is 11.6. The second kappa shape index (κ2) is 3.89. The molecule has 0 atom stereocenters. The number of anilines is 2. The number of aromatic amines is 1. The summed E-state index contributed by atoms with van der Waals surface area (Å²) in [6.07, 6.45) is 0. The van der Waals surface area contributed by atoms with Crippen LogP contribution in [-0.4, -0.2) is 42.4 Å². The molecular weight excluding hydrogens is 226 g/mol. The van der Waals surface area contributed by atoms with Crippen LogP contribution in [0.4, 0.5) is 17.5 Å². The number of nitrogens with two attached hydrogens (primary N) is 1. The van der Waals surface area contributed by atoms with Gasteiger partial charge in [0.1, 0.15) is 5.71 Å². The number of carbonyl (C=O) groups excluding carboxylic acids is 1. The van der Waals surface area contributed by atoms with Gasteiger partial charge in [0, 0.05) is 7.05 Å². The smallest absolute Gasteiger partial charge is 0.354 e. The van der Waals surface area contributed by atoms with Crippen LogP contribution >= 0.6 is 0 Å². The van der Waals surface area contributed by atoms with Crippen LogP contribution in [0, 0.1) is 0 Å². The Morgan fingerprint density at radius 1 is 1.59 bits per heavy atom. The van der Waals surface area contributed by atoms with Crippen molar-refractivity contribution in [1.29, 1.82) is 0 Å². The van der Waals surface area contributed by atoms with Gasteiger partial charge in [0.25, 0.3) is 5.56 Å². The summed E-state index contributed by atoms with van der Waals surface area (Å²) in [4.78, 5) is 34.8. The highest BCUT2D eigenvalue weighted by Crippen LogP contribution is 2.25. The molecule has 0 amide bonds. The molecule has 90 valence electrons. The minimum atomic E-state index is -0.571. The SMILES string of the molecule is COC(=O)C1=Nc2c(nc(N)[nH]c2=O)N(C)C1. The summed E-state index contributed by atoms with van der Waals surface area (Å²) in [7, 11) is 2.94.